The van der Waals surface area contributed by atoms with E-state index in [-0.39, 0.29) is 11.1 Å². The first-order chi connectivity index (χ1) is 5.63. The zero-order valence-corrected chi connectivity index (χ0v) is 6.98. The molecule has 7 heteroatoms. The van der Waals surface area contributed by atoms with Gasteiger partial charge in [0, 0.05) is 0 Å². The van der Waals surface area contributed by atoms with E-state index < -0.39 is 12.2 Å². The van der Waals surface area contributed by atoms with Crippen molar-refractivity contribution in [3.63, 3.8) is 0 Å². The van der Waals surface area contributed by atoms with Crippen LogP contribution in [-0.2, 0) is 0 Å². The minimum Gasteiger partial charge on any atom is -0.368 e. The second-order valence-corrected chi connectivity index (χ2v) is 2.61. The van der Waals surface area contributed by atoms with Gasteiger partial charge in [-0.05, 0) is 6.26 Å². The van der Waals surface area contributed by atoms with Gasteiger partial charge >= 0.3 is 0 Å². The summed E-state index contributed by atoms with van der Waals surface area (Å²) in [5, 5.41) is 0.206. The number of rotatable bonds is 2. The highest BCUT2D eigenvalue weighted by molar-refractivity contribution is 7.98. The van der Waals surface area contributed by atoms with E-state index in [1.54, 1.807) is 6.26 Å². The zero-order valence-electron chi connectivity index (χ0n) is 6.16. The number of nitrogen functional groups attached to an aromatic ring is 1. The first-order valence-electron chi connectivity index (χ1n) is 2.97. The number of aromatic nitrogens is 3. The fraction of sp³-hybridized carbons (Fsp3) is 0.400. The van der Waals surface area contributed by atoms with Crippen LogP contribution in [0.2, 0.25) is 0 Å². The van der Waals surface area contributed by atoms with Crippen molar-refractivity contribution < 1.29 is 8.78 Å². The van der Waals surface area contributed by atoms with Gasteiger partial charge in [-0.25, -0.2) is 13.8 Å². The molecule has 0 unspecified atom stereocenters. The molecular formula is C5H6F2N4S. The topological polar surface area (TPSA) is 64.7 Å². The molecule has 0 spiro atoms. The van der Waals surface area contributed by atoms with Gasteiger partial charge in [0.15, 0.2) is 5.16 Å². The Balaban J connectivity index is 3.06. The van der Waals surface area contributed by atoms with Crippen LogP contribution in [0.3, 0.4) is 0 Å². The van der Waals surface area contributed by atoms with E-state index in [9.17, 15) is 8.78 Å². The van der Waals surface area contributed by atoms with Crippen LogP contribution in [0.4, 0.5) is 14.7 Å². The van der Waals surface area contributed by atoms with Gasteiger partial charge in [0.2, 0.25) is 11.8 Å². The summed E-state index contributed by atoms with van der Waals surface area (Å²) in [6, 6.07) is 0. The van der Waals surface area contributed by atoms with Crippen molar-refractivity contribution in [3.8, 4) is 0 Å². The molecule has 0 aliphatic carbocycles. The maximum atomic E-state index is 12.0. The molecule has 0 bridgehead atoms. The van der Waals surface area contributed by atoms with Gasteiger partial charge in [-0.3, -0.25) is 0 Å². The van der Waals surface area contributed by atoms with Gasteiger partial charge in [-0.2, -0.15) is 9.97 Å². The third kappa shape index (κ3) is 2.00. The molecule has 0 atom stereocenters. The standard InChI is InChI=1S/C5H6F2N4S/c1-12-5-10-3(2(6)7)9-4(8)11-5/h2H,1H3,(H2,8,9,10,11). The smallest absolute Gasteiger partial charge is 0.297 e. The summed E-state index contributed by atoms with van der Waals surface area (Å²) in [7, 11) is 0. The van der Waals surface area contributed by atoms with Crippen molar-refractivity contribution in [1.29, 1.82) is 0 Å². The van der Waals surface area contributed by atoms with Crippen molar-refractivity contribution in [2.45, 2.75) is 11.6 Å². The quantitative estimate of drug-likeness (QED) is 0.711. The Morgan fingerprint density at radius 2 is 2.00 bits per heavy atom. The SMILES string of the molecule is CSc1nc(N)nc(C(F)F)n1. The highest BCUT2D eigenvalue weighted by Crippen LogP contribution is 2.17. The maximum absolute atomic E-state index is 12.0. The number of hydrogen-bond acceptors (Lipinski definition) is 5. The molecule has 0 saturated carbocycles. The van der Waals surface area contributed by atoms with Crippen LogP contribution in [0, 0.1) is 0 Å². The Bertz CT molecular complexity index is 280. The fourth-order valence-electron chi connectivity index (χ4n) is 0.577. The summed E-state index contributed by atoms with van der Waals surface area (Å²) in [6.07, 6.45) is -1.04. The summed E-state index contributed by atoms with van der Waals surface area (Å²) in [5.74, 6) is -0.753. The summed E-state index contributed by atoms with van der Waals surface area (Å²) < 4.78 is 24.1. The number of anilines is 1. The number of nitrogens with two attached hydrogens (primary N) is 1. The Labute approximate surface area is 71.6 Å². The zero-order chi connectivity index (χ0) is 9.14. The molecule has 4 nitrogen and oxygen atoms in total. The number of thioether (sulfide) groups is 1. The molecule has 0 aliphatic heterocycles. The molecule has 0 fully saturated rings. The average molecular weight is 192 g/mol. The number of alkyl halides is 2. The Morgan fingerprint density at radius 1 is 1.33 bits per heavy atom. The molecular weight excluding hydrogens is 186 g/mol. The molecule has 1 aromatic heterocycles. The predicted molar refractivity (Wildman–Crippen MR) is 41.0 cm³/mol. The Kier molecular flexibility index (Phi) is 2.74. The number of hydrogen-bond donors (Lipinski definition) is 1. The van der Waals surface area contributed by atoms with Gasteiger partial charge in [0.25, 0.3) is 6.43 Å². The third-order valence-electron chi connectivity index (χ3n) is 1.03. The van der Waals surface area contributed by atoms with Gasteiger partial charge in [0.1, 0.15) is 0 Å². The highest BCUT2D eigenvalue weighted by Gasteiger charge is 2.13. The van der Waals surface area contributed by atoms with Crippen LogP contribution in [-0.4, -0.2) is 21.2 Å². The van der Waals surface area contributed by atoms with Crippen LogP contribution in [0.5, 0.6) is 0 Å². The lowest BCUT2D eigenvalue weighted by molar-refractivity contribution is 0.139. The third-order valence-corrected chi connectivity index (χ3v) is 1.57. The Morgan fingerprint density at radius 3 is 2.50 bits per heavy atom. The van der Waals surface area contributed by atoms with E-state index in [2.05, 4.69) is 15.0 Å². The van der Waals surface area contributed by atoms with E-state index in [4.69, 9.17) is 5.73 Å². The minimum atomic E-state index is -2.71. The molecule has 0 radical (unpaired) electrons. The predicted octanol–water partition coefficient (Wildman–Crippen LogP) is 1.11. The van der Waals surface area contributed by atoms with Crippen LogP contribution < -0.4 is 5.73 Å². The van der Waals surface area contributed by atoms with E-state index in [0.717, 1.165) is 11.8 Å². The number of nitrogens with zero attached hydrogens (tertiary/aromatic N) is 3. The van der Waals surface area contributed by atoms with Crippen molar-refractivity contribution in [2.75, 3.05) is 12.0 Å². The largest absolute Gasteiger partial charge is 0.368 e. The van der Waals surface area contributed by atoms with Crippen molar-refractivity contribution in [1.82, 2.24) is 15.0 Å². The van der Waals surface area contributed by atoms with Crippen molar-refractivity contribution in [3.05, 3.63) is 5.82 Å². The van der Waals surface area contributed by atoms with Crippen molar-refractivity contribution in [2.24, 2.45) is 0 Å². The van der Waals surface area contributed by atoms with Gasteiger partial charge < -0.3 is 5.73 Å². The fourth-order valence-corrected chi connectivity index (χ4v) is 0.947. The average Bonchev–Trinajstić information content (AvgIpc) is 2.03. The Hall–Kier alpha value is -0.980. The van der Waals surface area contributed by atoms with Gasteiger partial charge in [0.05, 0.1) is 0 Å². The summed E-state index contributed by atoms with van der Waals surface area (Å²) in [4.78, 5) is 10.4. The minimum absolute atomic E-state index is 0.176. The van der Waals surface area contributed by atoms with E-state index in [1.165, 1.54) is 0 Å². The molecule has 12 heavy (non-hydrogen) atoms. The van der Waals surface area contributed by atoms with E-state index >= 15 is 0 Å². The summed E-state index contributed by atoms with van der Waals surface area (Å²) >= 11 is 1.14. The van der Waals surface area contributed by atoms with E-state index in [1.807, 2.05) is 0 Å². The lowest BCUT2D eigenvalue weighted by Crippen LogP contribution is -2.04. The van der Waals surface area contributed by atoms with Crippen LogP contribution >= 0.6 is 11.8 Å². The molecule has 0 aliphatic rings. The lowest BCUT2D eigenvalue weighted by atomic mass is 10.6. The van der Waals surface area contributed by atoms with Crippen LogP contribution in [0.1, 0.15) is 12.2 Å². The molecule has 0 saturated heterocycles. The molecule has 0 amide bonds. The molecule has 1 heterocycles. The van der Waals surface area contributed by atoms with Gasteiger partial charge in [-0.1, -0.05) is 11.8 Å². The lowest BCUT2D eigenvalue weighted by Gasteiger charge is -2.00. The molecule has 0 aromatic carbocycles. The molecule has 2 N–H and O–H groups in total. The van der Waals surface area contributed by atoms with Crippen LogP contribution in [0.15, 0.2) is 5.16 Å². The highest BCUT2D eigenvalue weighted by atomic mass is 32.2. The maximum Gasteiger partial charge on any atom is 0.297 e. The molecule has 1 rings (SSSR count). The first-order valence-corrected chi connectivity index (χ1v) is 4.19. The summed E-state index contributed by atoms with van der Waals surface area (Å²) in [5.41, 5.74) is 5.16. The first kappa shape index (κ1) is 9.11. The normalized spacial score (nSPS) is 10.7. The molecule has 1 aromatic rings. The summed E-state index contributed by atoms with van der Waals surface area (Å²) in [6.45, 7) is 0. The molecule has 66 valence electrons. The van der Waals surface area contributed by atoms with Crippen LogP contribution in [0.25, 0.3) is 0 Å². The monoisotopic (exact) mass is 192 g/mol. The number of halogens is 2. The van der Waals surface area contributed by atoms with Crippen molar-refractivity contribution >= 4 is 17.7 Å². The second kappa shape index (κ2) is 3.61. The second-order valence-electron chi connectivity index (χ2n) is 1.84. The van der Waals surface area contributed by atoms with Gasteiger partial charge in [-0.15, -0.1) is 0 Å². The van der Waals surface area contributed by atoms with E-state index in [0.29, 0.717) is 0 Å².